The molecule has 2 rings (SSSR count). The molecular weight excluding hydrogens is 284 g/mol. The molecule has 0 atom stereocenters. The summed E-state index contributed by atoms with van der Waals surface area (Å²) in [5, 5.41) is 10.4. The van der Waals surface area contributed by atoms with E-state index in [2.05, 4.69) is 22.9 Å². The van der Waals surface area contributed by atoms with Crippen molar-refractivity contribution in [3.8, 4) is 5.75 Å². The number of aromatic nitrogens is 1. The quantitative estimate of drug-likeness (QED) is 0.853. The Kier molecular flexibility index (Phi) is 5.59. The number of methoxy groups -OCH3 is 1. The topological polar surface area (TPSA) is 45.6 Å². The number of benzene rings is 1. The highest BCUT2D eigenvalue weighted by atomic mass is 32.1. The van der Waals surface area contributed by atoms with E-state index in [4.69, 9.17) is 4.74 Å². The second-order valence-corrected chi connectivity index (χ2v) is 6.00. The van der Waals surface area contributed by atoms with E-state index in [0.29, 0.717) is 0 Å². The van der Waals surface area contributed by atoms with Crippen LogP contribution in [0, 0.1) is 0 Å². The van der Waals surface area contributed by atoms with Gasteiger partial charge in [-0.2, -0.15) is 0 Å². The maximum atomic E-state index is 9.44. The smallest absolute Gasteiger partial charge is 0.185 e. The van der Waals surface area contributed by atoms with Gasteiger partial charge in [0.25, 0.3) is 0 Å². The molecule has 4 nitrogen and oxygen atoms in total. The molecule has 0 saturated heterocycles. The van der Waals surface area contributed by atoms with Crippen molar-refractivity contribution in [3.05, 3.63) is 40.4 Å². The molecule has 1 heterocycles. The number of para-hydroxylation sites is 1. The fraction of sp³-hybridized carbons (Fsp3) is 0.438. The van der Waals surface area contributed by atoms with Crippen molar-refractivity contribution in [2.24, 2.45) is 0 Å². The van der Waals surface area contributed by atoms with Gasteiger partial charge in [0.15, 0.2) is 5.13 Å². The first kappa shape index (κ1) is 15.8. The zero-order valence-corrected chi connectivity index (χ0v) is 13.6. The predicted molar refractivity (Wildman–Crippen MR) is 87.1 cm³/mol. The SMILES string of the molecule is CCCc1nc(N(C)Cc2ccccc2OC)sc1CO. The summed E-state index contributed by atoms with van der Waals surface area (Å²) >= 11 is 1.56. The molecule has 0 aliphatic carbocycles. The molecule has 0 bridgehead atoms. The Bertz CT molecular complexity index is 583. The van der Waals surface area contributed by atoms with Crippen molar-refractivity contribution in [1.82, 2.24) is 4.98 Å². The second kappa shape index (κ2) is 7.43. The van der Waals surface area contributed by atoms with E-state index in [0.717, 1.165) is 46.4 Å². The molecule has 1 aromatic heterocycles. The van der Waals surface area contributed by atoms with Crippen LogP contribution in [0.1, 0.15) is 29.5 Å². The third-order valence-electron chi connectivity index (χ3n) is 3.32. The number of anilines is 1. The van der Waals surface area contributed by atoms with Crippen LogP contribution in [0.3, 0.4) is 0 Å². The molecule has 2 aromatic rings. The Morgan fingerprint density at radius 2 is 2.10 bits per heavy atom. The normalized spacial score (nSPS) is 10.7. The lowest BCUT2D eigenvalue weighted by molar-refractivity contribution is 0.284. The number of aryl methyl sites for hydroxylation is 1. The molecule has 0 spiro atoms. The van der Waals surface area contributed by atoms with Gasteiger partial charge in [-0.25, -0.2) is 4.98 Å². The summed E-state index contributed by atoms with van der Waals surface area (Å²) in [6.45, 7) is 2.92. The van der Waals surface area contributed by atoms with Gasteiger partial charge in [-0.05, 0) is 12.5 Å². The zero-order chi connectivity index (χ0) is 15.2. The van der Waals surface area contributed by atoms with Crippen LogP contribution in [0.2, 0.25) is 0 Å². The molecule has 0 aliphatic rings. The number of nitrogens with zero attached hydrogens (tertiary/aromatic N) is 2. The molecule has 0 aliphatic heterocycles. The van der Waals surface area contributed by atoms with Crippen LogP contribution >= 0.6 is 11.3 Å². The van der Waals surface area contributed by atoms with Crippen LogP contribution in [0.15, 0.2) is 24.3 Å². The number of thiazole rings is 1. The Hall–Kier alpha value is -1.59. The Morgan fingerprint density at radius 1 is 1.33 bits per heavy atom. The molecule has 0 saturated carbocycles. The Balaban J connectivity index is 2.18. The molecule has 1 aromatic carbocycles. The predicted octanol–water partition coefficient (Wildman–Crippen LogP) is 3.23. The molecule has 1 N–H and O–H groups in total. The van der Waals surface area contributed by atoms with Gasteiger partial charge in [-0.3, -0.25) is 0 Å². The lowest BCUT2D eigenvalue weighted by Crippen LogP contribution is -2.16. The number of ether oxygens (including phenoxy) is 1. The van der Waals surface area contributed by atoms with E-state index in [9.17, 15) is 5.11 Å². The van der Waals surface area contributed by atoms with Gasteiger partial charge in [0, 0.05) is 19.2 Å². The zero-order valence-electron chi connectivity index (χ0n) is 12.8. The summed E-state index contributed by atoms with van der Waals surface area (Å²) in [6.07, 6.45) is 1.95. The third-order valence-corrected chi connectivity index (χ3v) is 4.52. The minimum Gasteiger partial charge on any atom is -0.496 e. The van der Waals surface area contributed by atoms with Crippen molar-refractivity contribution in [2.45, 2.75) is 32.9 Å². The van der Waals surface area contributed by atoms with E-state index in [1.165, 1.54) is 0 Å². The lowest BCUT2D eigenvalue weighted by atomic mass is 10.2. The second-order valence-electron chi connectivity index (χ2n) is 4.94. The average molecular weight is 306 g/mol. The van der Waals surface area contributed by atoms with E-state index < -0.39 is 0 Å². The summed E-state index contributed by atoms with van der Waals surface area (Å²) in [6, 6.07) is 8.00. The van der Waals surface area contributed by atoms with Gasteiger partial charge < -0.3 is 14.7 Å². The molecule has 0 radical (unpaired) electrons. The molecule has 21 heavy (non-hydrogen) atoms. The number of hydrogen-bond acceptors (Lipinski definition) is 5. The maximum Gasteiger partial charge on any atom is 0.185 e. The summed E-state index contributed by atoms with van der Waals surface area (Å²) in [7, 11) is 3.70. The van der Waals surface area contributed by atoms with E-state index >= 15 is 0 Å². The van der Waals surface area contributed by atoms with Crippen LogP contribution in [0.5, 0.6) is 5.75 Å². The van der Waals surface area contributed by atoms with Crippen molar-refractivity contribution in [3.63, 3.8) is 0 Å². The highest BCUT2D eigenvalue weighted by Gasteiger charge is 2.14. The highest BCUT2D eigenvalue weighted by Crippen LogP contribution is 2.29. The summed E-state index contributed by atoms with van der Waals surface area (Å²) < 4.78 is 5.39. The van der Waals surface area contributed by atoms with Crippen molar-refractivity contribution in [1.29, 1.82) is 0 Å². The average Bonchev–Trinajstić information content (AvgIpc) is 2.91. The van der Waals surface area contributed by atoms with Crippen LogP contribution < -0.4 is 9.64 Å². The lowest BCUT2D eigenvalue weighted by Gasteiger charge is -2.17. The summed E-state index contributed by atoms with van der Waals surface area (Å²) in [4.78, 5) is 7.74. The molecule has 0 unspecified atom stereocenters. The monoisotopic (exact) mass is 306 g/mol. The molecular formula is C16H22N2O2S. The van der Waals surface area contributed by atoms with Gasteiger partial charge in [-0.1, -0.05) is 42.9 Å². The van der Waals surface area contributed by atoms with Gasteiger partial charge >= 0.3 is 0 Å². The van der Waals surface area contributed by atoms with E-state index in [1.54, 1.807) is 18.4 Å². The molecule has 0 amide bonds. The highest BCUT2D eigenvalue weighted by molar-refractivity contribution is 7.15. The number of hydrogen-bond donors (Lipinski definition) is 1. The number of aliphatic hydroxyl groups is 1. The first-order valence-corrected chi connectivity index (χ1v) is 7.93. The van der Waals surface area contributed by atoms with Crippen LogP contribution in [0.4, 0.5) is 5.13 Å². The van der Waals surface area contributed by atoms with E-state index in [-0.39, 0.29) is 6.61 Å². The van der Waals surface area contributed by atoms with E-state index in [1.807, 2.05) is 25.2 Å². The van der Waals surface area contributed by atoms with Crippen molar-refractivity contribution >= 4 is 16.5 Å². The minimum absolute atomic E-state index is 0.0650. The van der Waals surface area contributed by atoms with Gasteiger partial charge in [0.05, 0.1) is 24.3 Å². The number of rotatable bonds is 7. The van der Waals surface area contributed by atoms with Crippen molar-refractivity contribution < 1.29 is 9.84 Å². The fourth-order valence-electron chi connectivity index (χ4n) is 2.25. The first-order valence-electron chi connectivity index (χ1n) is 7.12. The number of aliphatic hydroxyl groups excluding tert-OH is 1. The van der Waals surface area contributed by atoms with Crippen molar-refractivity contribution in [2.75, 3.05) is 19.1 Å². The maximum absolute atomic E-state index is 9.44. The van der Waals surface area contributed by atoms with Gasteiger partial charge in [0.2, 0.25) is 0 Å². The van der Waals surface area contributed by atoms with Crippen LogP contribution in [-0.4, -0.2) is 24.2 Å². The largest absolute Gasteiger partial charge is 0.496 e. The molecule has 114 valence electrons. The van der Waals surface area contributed by atoms with Crippen LogP contribution in [0.25, 0.3) is 0 Å². The van der Waals surface area contributed by atoms with Crippen LogP contribution in [-0.2, 0) is 19.6 Å². The Labute approximate surface area is 130 Å². The third kappa shape index (κ3) is 3.74. The Morgan fingerprint density at radius 3 is 2.76 bits per heavy atom. The summed E-state index contributed by atoms with van der Waals surface area (Å²) in [5.41, 5.74) is 2.15. The first-order chi connectivity index (χ1) is 10.2. The molecule has 5 heteroatoms. The van der Waals surface area contributed by atoms with Gasteiger partial charge in [-0.15, -0.1) is 0 Å². The fourth-order valence-corrected chi connectivity index (χ4v) is 3.17. The summed E-state index contributed by atoms with van der Waals surface area (Å²) in [5.74, 6) is 0.886. The standard InChI is InChI=1S/C16H22N2O2S/c1-4-7-13-15(11-19)21-16(17-13)18(2)10-12-8-5-6-9-14(12)20-3/h5-6,8-9,19H,4,7,10-11H2,1-3H3. The minimum atomic E-state index is 0.0650. The van der Waals surface area contributed by atoms with Gasteiger partial charge in [0.1, 0.15) is 5.75 Å². The molecule has 0 fully saturated rings.